The summed E-state index contributed by atoms with van der Waals surface area (Å²) in [4.78, 5) is 27.4. The van der Waals surface area contributed by atoms with Gasteiger partial charge in [-0.1, -0.05) is 48.9 Å². The summed E-state index contributed by atoms with van der Waals surface area (Å²) in [6.45, 7) is 3.10. The highest BCUT2D eigenvalue weighted by atomic mass is 35.5. The molecule has 29 heavy (non-hydrogen) atoms. The number of para-hydroxylation sites is 2. The van der Waals surface area contributed by atoms with Crippen molar-refractivity contribution in [3.8, 4) is 0 Å². The predicted molar refractivity (Wildman–Crippen MR) is 115 cm³/mol. The molecule has 0 unspecified atom stereocenters. The van der Waals surface area contributed by atoms with Gasteiger partial charge in [0.15, 0.2) is 11.3 Å². The number of halogens is 1. The molecule has 0 radical (unpaired) electrons. The van der Waals surface area contributed by atoms with Gasteiger partial charge in [0.2, 0.25) is 0 Å². The summed E-state index contributed by atoms with van der Waals surface area (Å²) in [5, 5.41) is 1.16. The van der Waals surface area contributed by atoms with E-state index in [1.54, 1.807) is 10.9 Å². The first kappa shape index (κ1) is 17.8. The van der Waals surface area contributed by atoms with Gasteiger partial charge in [-0.15, -0.1) is 0 Å². The third-order valence-electron chi connectivity index (χ3n) is 5.07. The third-order valence-corrected chi connectivity index (χ3v) is 5.44. The normalized spacial score (nSPS) is 11.7. The van der Waals surface area contributed by atoms with Crippen LogP contribution in [0.4, 0.5) is 0 Å². The van der Waals surface area contributed by atoms with Crippen molar-refractivity contribution >= 4 is 44.8 Å². The average molecular weight is 404 g/mol. The molecule has 3 aromatic heterocycles. The van der Waals surface area contributed by atoms with Crippen LogP contribution in [0.2, 0.25) is 5.02 Å². The summed E-state index contributed by atoms with van der Waals surface area (Å²) >= 11 is 6.40. The first-order valence-corrected chi connectivity index (χ1v) is 9.92. The van der Waals surface area contributed by atoms with Gasteiger partial charge in [0.05, 0.1) is 23.9 Å². The number of benzene rings is 2. The highest BCUT2D eigenvalue weighted by molar-refractivity contribution is 6.31. The van der Waals surface area contributed by atoms with Gasteiger partial charge in [-0.05, 0) is 30.2 Å². The molecule has 5 rings (SSSR count). The van der Waals surface area contributed by atoms with Gasteiger partial charge < -0.3 is 4.57 Å². The fourth-order valence-electron chi connectivity index (χ4n) is 3.69. The number of aryl methyl sites for hydroxylation is 1. The Kier molecular flexibility index (Phi) is 4.28. The molecule has 0 atom stereocenters. The van der Waals surface area contributed by atoms with E-state index in [9.17, 15) is 4.79 Å². The Hall–Kier alpha value is -3.25. The van der Waals surface area contributed by atoms with Crippen molar-refractivity contribution in [1.82, 2.24) is 24.1 Å². The molecule has 3 heterocycles. The van der Waals surface area contributed by atoms with E-state index in [0.29, 0.717) is 40.3 Å². The van der Waals surface area contributed by atoms with E-state index in [4.69, 9.17) is 21.6 Å². The van der Waals surface area contributed by atoms with E-state index in [2.05, 4.69) is 4.98 Å². The molecule has 0 spiro atoms. The minimum atomic E-state index is -0.0932. The van der Waals surface area contributed by atoms with Crippen molar-refractivity contribution in [2.45, 2.75) is 26.4 Å². The van der Waals surface area contributed by atoms with Gasteiger partial charge in [-0.2, -0.15) is 0 Å². The predicted octanol–water partition coefficient (Wildman–Crippen LogP) is 4.41. The van der Waals surface area contributed by atoms with Crippen LogP contribution >= 0.6 is 11.6 Å². The molecule has 0 aliphatic rings. The zero-order chi connectivity index (χ0) is 20.0. The largest absolute Gasteiger partial charge is 0.304 e. The highest BCUT2D eigenvalue weighted by Crippen LogP contribution is 2.27. The second kappa shape index (κ2) is 6.97. The highest BCUT2D eigenvalue weighted by Gasteiger charge is 2.20. The van der Waals surface area contributed by atoms with Crippen LogP contribution in [-0.2, 0) is 13.1 Å². The second-order valence-electron chi connectivity index (χ2n) is 7.00. The first-order valence-electron chi connectivity index (χ1n) is 9.55. The van der Waals surface area contributed by atoms with Crippen molar-refractivity contribution in [2.75, 3.05) is 0 Å². The fraction of sp³-hybridized carbons (Fsp3) is 0.182. The molecule has 0 aliphatic carbocycles. The Morgan fingerprint density at radius 3 is 2.45 bits per heavy atom. The summed E-state index contributed by atoms with van der Waals surface area (Å²) in [6.07, 6.45) is 2.45. The van der Waals surface area contributed by atoms with Gasteiger partial charge in [0.1, 0.15) is 10.9 Å². The molecule has 0 N–H and O–H groups in total. The topological polar surface area (TPSA) is 65.6 Å². The van der Waals surface area contributed by atoms with Crippen molar-refractivity contribution in [2.24, 2.45) is 0 Å². The zero-order valence-corrected chi connectivity index (χ0v) is 16.6. The molecule has 6 nitrogen and oxygen atoms in total. The van der Waals surface area contributed by atoms with Crippen LogP contribution in [-0.4, -0.2) is 24.1 Å². The third kappa shape index (κ3) is 2.87. The van der Waals surface area contributed by atoms with Crippen LogP contribution in [0.1, 0.15) is 18.9 Å². The van der Waals surface area contributed by atoms with E-state index >= 15 is 0 Å². The van der Waals surface area contributed by atoms with E-state index in [1.807, 2.05) is 60.0 Å². The minimum Gasteiger partial charge on any atom is -0.304 e. The van der Waals surface area contributed by atoms with Gasteiger partial charge >= 0.3 is 0 Å². The molecule has 0 bridgehead atoms. The Labute approximate surface area is 171 Å². The Morgan fingerprint density at radius 1 is 0.966 bits per heavy atom. The molecule has 5 aromatic rings. The lowest BCUT2D eigenvalue weighted by Crippen LogP contribution is -2.20. The number of hydrogen-bond acceptors (Lipinski definition) is 4. The number of nitrogens with zero attached hydrogens (tertiary/aromatic N) is 5. The Bertz CT molecular complexity index is 1440. The second-order valence-corrected chi connectivity index (χ2v) is 7.41. The van der Waals surface area contributed by atoms with E-state index in [-0.39, 0.29) is 5.56 Å². The molecule has 2 aromatic carbocycles. The molecule has 144 valence electrons. The molecule has 0 aliphatic heterocycles. The lowest BCUT2D eigenvalue weighted by atomic mass is 10.2. The summed E-state index contributed by atoms with van der Waals surface area (Å²) in [6, 6.07) is 15.3. The van der Waals surface area contributed by atoms with Crippen LogP contribution in [0.3, 0.4) is 0 Å². The molecular formula is C22H18ClN5O. The smallest absolute Gasteiger partial charge is 0.265 e. The maximum Gasteiger partial charge on any atom is 0.265 e. The number of hydrogen-bond donors (Lipinski definition) is 0. The van der Waals surface area contributed by atoms with Crippen LogP contribution < -0.4 is 5.56 Å². The van der Waals surface area contributed by atoms with Crippen molar-refractivity contribution in [1.29, 1.82) is 0 Å². The molecule has 7 heteroatoms. The summed E-state index contributed by atoms with van der Waals surface area (Å²) in [5.41, 5.74) is 4.16. The van der Waals surface area contributed by atoms with Crippen molar-refractivity contribution < 1.29 is 0 Å². The quantitative estimate of drug-likeness (QED) is 0.446. The Morgan fingerprint density at radius 2 is 1.69 bits per heavy atom. The van der Waals surface area contributed by atoms with Crippen LogP contribution in [0.15, 0.2) is 59.7 Å². The number of fused-ring (bicyclic) bond motifs is 4. The van der Waals surface area contributed by atoms with Gasteiger partial charge in [-0.3, -0.25) is 9.36 Å². The fourth-order valence-corrected chi connectivity index (χ4v) is 3.88. The number of aromatic nitrogens is 5. The minimum absolute atomic E-state index is 0.0932. The zero-order valence-electron chi connectivity index (χ0n) is 15.8. The molecule has 0 fully saturated rings. The maximum atomic E-state index is 13.2. The van der Waals surface area contributed by atoms with E-state index in [1.165, 1.54) is 0 Å². The average Bonchev–Trinajstić information content (AvgIpc) is 3.03. The van der Waals surface area contributed by atoms with Crippen molar-refractivity contribution in [3.63, 3.8) is 0 Å². The molecular weight excluding hydrogens is 386 g/mol. The van der Waals surface area contributed by atoms with E-state index in [0.717, 1.165) is 23.0 Å². The molecule has 0 saturated carbocycles. The Balaban J connectivity index is 1.88. The maximum absolute atomic E-state index is 13.2. The summed E-state index contributed by atoms with van der Waals surface area (Å²) in [5.74, 6) is 0. The lowest BCUT2D eigenvalue weighted by Gasteiger charge is -2.08. The standard InChI is InChI=1S/C22H18ClN5O/c1-2-11-27-13-24-20-18(22(27)29)19-21(26-17-10-6-5-9-16(17)25-19)28(20)12-14-7-3-4-8-15(14)23/h3-10,13H,2,11-12H2,1H3. The number of rotatable bonds is 4. The summed E-state index contributed by atoms with van der Waals surface area (Å²) in [7, 11) is 0. The molecule has 0 saturated heterocycles. The summed E-state index contributed by atoms with van der Waals surface area (Å²) < 4.78 is 3.57. The van der Waals surface area contributed by atoms with Gasteiger partial charge in [0, 0.05) is 11.6 Å². The lowest BCUT2D eigenvalue weighted by molar-refractivity contribution is 0.646. The van der Waals surface area contributed by atoms with Gasteiger partial charge in [0.25, 0.3) is 5.56 Å². The van der Waals surface area contributed by atoms with Crippen LogP contribution in [0.25, 0.3) is 33.2 Å². The monoisotopic (exact) mass is 403 g/mol. The van der Waals surface area contributed by atoms with E-state index < -0.39 is 0 Å². The van der Waals surface area contributed by atoms with Crippen LogP contribution in [0, 0.1) is 0 Å². The van der Waals surface area contributed by atoms with Gasteiger partial charge in [-0.25, -0.2) is 15.0 Å². The van der Waals surface area contributed by atoms with Crippen molar-refractivity contribution in [3.05, 3.63) is 75.8 Å². The SMILES string of the molecule is CCCn1cnc2c(c1=O)c1nc3ccccc3nc1n2Cc1ccccc1Cl. The van der Waals surface area contributed by atoms with Crippen LogP contribution in [0.5, 0.6) is 0 Å². The first-order chi connectivity index (χ1) is 14.2. The molecule has 0 amide bonds.